The number of amides is 1. The van der Waals surface area contributed by atoms with E-state index in [1.165, 1.54) is 12.1 Å². The van der Waals surface area contributed by atoms with E-state index >= 15 is 0 Å². The molecule has 0 aliphatic heterocycles. The van der Waals surface area contributed by atoms with Gasteiger partial charge in [-0.2, -0.15) is 13.2 Å². The molecule has 1 unspecified atom stereocenters. The molecule has 0 heterocycles. The molecule has 3 nitrogen and oxygen atoms in total. The summed E-state index contributed by atoms with van der Waals surface area (Å²) in [6.07, 6.45) is -2.76. The summed E-state index contributed by atoms with van der Waals surface area (Å²) in [6.45, 7) is 5.87. The van der Waals surface area contributed by atoms with E-state index in [0.29, 0.717) is 18.7 Å². The smallest absolute Gasteiger partial charge is 0.351 e. The van der Waals surface area contributed by atoms with Crippen LogP contribution < -0.4 is 10.6 Å². The zero-order valence-corrected chi connectivity index (χ0v) is 11.1. The predicted molar refractivity (Wildman–Crippen MR) is 71.0 cm³/mol. The Morgan fingerprint density at radius 2 is 1.95 bits per heavy atom. The number of carbonyl (C=O) groups is 1. The lowest BCUT2D eigenvalue weighted by Gasteiger charge is -2.14. The Morgan fingerprint density at radius 1 is 1.35 bits per heavy atom. The van der Waals surface area contributed by atoms with Crippen molar-refractivity contribution in [1.82, 2.24) is 10.6 Å². The number of hydrogen-bond donors (Lipinski definition) is 2. The highest BCUT2D eigenvalue weighted by atomic mass is 19.4. The average Bonchev–Trinajstić information content (AvgIpc) is 2.41. The van der Waals surface area contributed by atoms with Gasteiger partial charge in [0.15, 0.2) is 0 Å². The maximum Gasteiger partial charge on any atom is 0.416 e. The molecule has 20 heavy (non-hydrogen) atoms. The van der Waals surface area contributed by atoms with E-state index in [9.17, 15) is 18.0 Å². The van der Waals surface area contributed by atoms with Crippen LogP contribution in [0.5, 0.6) is 0 Å². The number of alkyl halides is 3. The molecule has 1 aromatic rings. The molecule has 0 aliphatic carbocycles. The van der Waals surface area contributed by atoms with Crippen molar-refractivity contribution in [2.24, 2.45) is 0 Å². The Morgan fingerprint density at radius 3 is 2.45 bits per heavy atom. The van der Waals surface area contributed by atoms with E-state index < -0.39 is 17.8 Å². The predicted octanol–water partition coefficient (Wildman–Crippen LogP) is 2.49. The van der Waals surface area contributed by atoms with Crippen LogP contribution in [0, 0.1) is 0 Å². The molecule has 0 saturated carbocycles. The van der Waals surface area contributed by atoms with Gasteiger partial charge in [-0.3, -0.25) is 4.79 Å². The molecule has 1 amide bonds. The first-order chi connectivity index (χ1) is 9.34. The standard InChI is InChI=1S/C14H17F3N2O/c1-3-8-18-13(20)10(2)19-9-11-4-6-12(7-5-11)14(15,16)17/h3-7,10,19H,1,8-9H2,2H3,(H,18,20). The van der Waals surface area contributed by atoms with Gasteiger partial charge in [0, 0.05) is 13.1 Å². The zero-order chi connectivity index (χ0) is 15.2. The van der Waals surface area contributed by atoms with Gasteiger partial charge in [-0.1, -0.05) is 18.2 Å². The van der Waals surface area contributed by atoms with Crippen LogP contribution in [0.2, 0.25) is 0 Å². The molecule has 0 fully saturated rings. The molecule has 2 N–H and O–H groups in total. The van der Waals surface area contributed by atoms with Crippen molar-refractivity contribution < 1.29 is 18.0 Å². The Hall–Kier alpha value is -1.82. The third kappa shape index (κ3) is 5.05. The van der Waals surface area contributed by atoms with E-state index in [2.05, 4.69) is 17.2 Å². The van der Waals surface area contributed by atoms with Crippen LogP contribution in [0.1, 0.15) is 18.1 Å². The van der Waals surface area contributed by atoms with Gasteiger partial charge in [-0.15, -0.1) is 6.58 Å². The normalized spacial score (nSPS) is 12.8. The lowest BCUT2D eigenvalue weighted by atomic mass is 10.1. The summed E-state index contributed by atoms with van der Waals surface area (Å²) in [5.41, 5.74) is -0.000560. The van der Waals surface area contributed by atoms with E-state index in [-0.39, 0.29) is 5.91 Å². The molecule has 110 valence electrons. The molecule has 1 atom stereocenters. The summed E-state index contributed by atoms with van der Waals surface area (Å²) in [6, 6.07) is 4.41. The monoisotopic (exact) mass is 286 g/mol. The number of hydrogen-bond acceptors (Lipinski definition) is 2. The van der Waals surface area contributed by atoms with Crippen LogP contribution >= 0.6 is 0 Å². The minimum atomic E-state index is -4.33. The number of halogens is 3. The van der Waals surface area contributed by atoms with Crippen molar-refractivity contribution in [1.29, 1.82) is 0 Å². The van der Waals surface area contributed by atoms with Crippen molar-refractivity contribution in [2.45, 2.75) is 25.7 Å². The summed E-state index contributed by atoms with van der Waals surface area (Å²) in [4.78, 5) is 11.5. The van der Waals surface area contributed by atoms with Crippen LogP contribution in [0.15, 0.2) is 36.9 Å². The largest absolute Gasteiger partial charge is 0.416 e. The molecule has 0 spiro atoms. The Labute approximate surface area is 115 Å². The second-order valence-corrected chi connectivity index (χ2v) is 4.33. The summed E-state index contributed by atoms with van der Waals surface area (Å²) in [7, 11) is 0. The highest BCUT2D eigenvalue weighted by molar-refractivity contribution is 5.81. The maximum absolute atomic E-state index is 12.4. The first kappa shape index (κ1) is 16.2. The van der Waals surface area contributed by atoms with Crippen molar-refractivity contribution in [3.8, 4) is 0 Å². The van der Waals surface area contributed by atoms with Crippen LogP contribution in [0.25, 0.3) is 0 Å². The number of carbonyl (C=O) groups excluding carboxylic acids is 1. The van der Waals surface area contributed by atoms with Crippen molar-refractivity contribution in [3.05, 3.63) is 48.0 Å². The van der Waals surface area contributed by atoms with Gasteiger partial charge in [0.2, 0.25) is 5.91 Å². The SMILES string of the molecule is C=CCNC(=O)C(C)NCc1ccc(C(F)(F)F)cc1. The molecule has 0 saturated heterocycles. The summed E-state index contributed by atoms with van der Waals surface area (Å²) in [5.74, 6) is -0.184. The zero-order valence-electron chi connectivity index (χ0n) is 11.1. The lowest BCUT2D eigenvalue weighted by molar-refractivity contribution is -0.137. The molecule has 0 aromatic heterocycles. The van der Waals surface area contributed by atoms with Gasteiger partial charge < -0.3 is 10.6 Å². The fourth-order valence-electron chi connectivity index (χ4n) is 1.50. The fraction of sp³-hybridized carbons (Fsp3) is 0.357. The highest BCUT2D eigenvalue weighted by Crippen LogP contribution is 2.28. The number of nitrogens with one attached hydrogen (secondary N) is 2. The third-order valence-corrected chi connectivity index (χ3v) is 2.71. The maximum atomic E-state index is 12.4. The van der Waals surface area contributed by atoms with Crippen LogP contribution in [-0.4, -0.2) is 18.5 Å². The summed E-state index contributed by atoms with van der Waals surface area (Å²) in [5, 5.41) is 5.57. The number of benzene rings is 1. The molecule has 0 radical (unpaired) electrons. The number of rotatable bonds is 6. The van der Waals surface area contributed by atoms with Crippen molar-refractivity contribution >= 4 is 5.91 Å². The van der Waals surface area contributed by atoms with E-state index in [0.717, 1.165) is 12.1 Å². The minimum absolute atomic E-state index is 0.184. The van der Waals surface area contributed by atoms with E-state index in [1.807, 2.05) is 0 Å². The summed E-state index contributed by atoms with van der Waals surface area (Å²) >= 11 is 0. The van der Waals surface area contributed by atoms with Gasteiger partial charge in [-0.25, -0.2) is 0 Å². The molecular weight excluding hydrogens is 269 g/mol. The van der Waals surface area contributed by atoms with Gasteiger partial charge in [0.05, 0.1) is 11.6 Å². The van der Waals surface area contributed by atoms with Crippen LogP contribution in [0.4, 0.5) is 13.2 Å². The second kappa shape index (κ2) is 7.09. The Kier molecular flexibility index (Phi) is 5.76. The second-order valence-electron chi connectivity index (χ2n) is 4.33. The molecule has 0 aliphatic rings. The van der Waals surface area contributed by atoms with Crippen LogP contribution in [0.3, 0.4) is 0 Å². The molecule has 1 aromatic carbocycles. The third-order valence-electron chi connectivity index (χ3n) is 2.71. The first-order valence-corrected chi connectivity index (χ1v) is 6.12. The quantitative estimate of drug-likeness (QED) is 0.789. The van der Waals surface area contributed by atoms with Gasteiger partial charge >= 0.3 is 6.18 Å². The highest BCUT2D eigenvalue weighted by Gasteiger charge is 2.29. The fourth-order valence-corrected chi connectivity index (χ4v) is 1.50. The van der Waals surface area contributed by atoms with Crippen LogP contribution in [-0.2, 0) is 17.5 Å². The molecular formula is C14H17F3N2O. The van der Waals surface area contributed by atoms with Crippen molar-refractivity contribution in [2.75, 3.05) is 6.54 Å². The molecule has 6 heteroatoms. The van der Waals surface area contributed by atoms with E-state index in [1.54, 1.807) is 13.0 Å². The minimum Gasteiger partial charge on any atom is -0.351 e. The van der Waals surface area contributed by atoms with Gasteiger partial charge in [0.25, 0.3) is 0 Å². The lowest BCUT2D eigenvalue weighted by Crippen LogP contribution is -2.41. The van der Waals surface area contributed by atoms with Gasteiger partial charge in [0.1, 0.15) is 0 Å². The summed E-state index contributed by atoms with van der Waals surface area (Å²) < 4.78 is 37.1. The molecule has 0 bridgehead atoms. The molecule has 1 rings (SSSR count). The van der Waals surface area contributed by atoms with Crippen molar-refractivity contribution in [3.63, 3.8) is 0 Å². The Bertz CT molecular complexity index is 454. The Balaban J connectivity index is 2.49. The van der Waals surface area contributed by atoms with Gasteiger partial charge in [-0.05, 0) is 24.6 Å². The van der Waals surface area contributed by atoms with E-state index in [4.69, 9.17) is 0 Å². The topological polar surface area (TPSA) is 41.1 Å². The first-order valence-electron chi connectivity index (χ1n) is 6.12. The average molecular weight is 286 g/mol.